The SMILES string of the molecule is NC(=S)c1cccc(NC(=O)c2ccc(F)cc2Cl)c1. The Bertz CT molecular complexity index is 691. The van der Waals surface area contributed by atoms with Gasteiger partial charge in [0.15, 0.2) is 0 Å². The molecule has 0 unspecified atom stereocenters. The Morgan fingerprint density at radius 1 is 1.25 bits per heavy atom. The number of amides is 1. The number of carbonyl (C=O) groups is 1. The van der Waals surface area contributed by atoms with Gasteiger partial charge in [-0.05, 0) is 30.3 Å². The first-order valence-corrected chi connectivity index (χ1v) is 6.42. The van der Waals surface area contributed by atoms with Crippen molar-refractivity contribution in [3.05, 3.63) is 64.4 Å². The summed E-state index contributed by atoms with van der Waals surface area (Å²) in [6, 6.07) is 10.4. The van der Waals surface area contributed by atoms with E-state index in [0.29, 0.717) is 11.3 Å². The van der Waals surface area contributed by atoms with Crippen LogP contribution in [-0.2, 0) is 0 Å². The minimum Gasteiger partial charge on any atom is -0.389 e. The number of carbonyl (C=O) groups excluding carboxylic acids is 1. The molecule has 6 heteroatoms. The average Bonchev–Trinajstić information content (AvgIpc) is 2.38. The normalized spacial score (nSPS) is 10.1. The lowest BCUT2D eigenvalue weighted by atomic mass is 10.1. The van der Waals surface area contributed by atoms with Crippen LogP contribution in [0.1, 0.15) is 15.9 Å². The van der Waals surface area contributed by atoms with Gasteiger partial charge in [0.25, 0.3) is 5.91 Å². The first kappa shape index (κ1) is 14.4. The second kappa shape index (κ2) is 5.98. The Kier molecular flexibility index (Phi) is 4.32. The highest BCUT2D eigenvalue weighted by Gasteiger charge is 2.11. The first-order chi connectivity index (χ1) is 9.47. The fourth-order valence-electron chi connectivity index (χ4n) is 1.62. The maximum absolute atomic E-state index is 12.9. The van der Waals surface area contributed by atoms with E-state index in [4.69, 9.17) is 29.6 Å². The summed E-state index contributed by atoms with van der Waals surface area (Å²) in [5.74, 6) is -0.933. The fourth-order valence-corrected chi connectivity index (χ4v) is 2.00. The number of thiocarbonyl (C=S) groups is 1. The highest BCUT2D eigenvalue weighted by Crippen LogP contribution is 2.19. The van der Waals surface area contributed by atoms with E-state index < -0.39 is 11.7 Å². The Morgan fingerprint density at radius 2 is 2.00 bits per heavy atom. The largest absolute Gasteiger partial charge is 0.389 e. The van der Waals surface area contributed by atoms with E-state index in [0.717, 1.165) is 6.07 Å². The molecular weight excluding hydrogens is 299 g/mol. The van der Waals surface area contributed by atoms with Crippen LogP contribution in [0.2, 0.25) is 5.02 Å². The lowest BCUT2D eigenvalue weighted by Crippen LogP contribution is -2.14. The van der Waals surface area contributed by atoms with Crippen molar-refractivity contribution in [2.75, 3.05) is 5.32 Å². The van der Waals surface area contributed by atoms with Gasteiger partial charge in [0.2, 0.25) is 0 Å². The Hall–Kier alpha value is -1.98. The molecule has 20 heavy (non-hydrogen) atoms. The fraction of sp³-hybridized carbons (Fsp3) is 0. The smallest absolute Gasteiger partial charge is 0.257 e. The van der Waals surface area contributed by atoms with Crippen molar-refractivity contribution in [1.29, 1.82) is 0 Å². The van der Waals surface area contributed by atoms with Crippen LogP contribution in [0.3, 0.4) is 0 Å². The molecule has 2 aromatic carbocycles. The van der Waals surface area contributed by atoms with Crippen LogP contribution in [0.4, 0.5) is 10.1 Å². The molecule has 0 saturated heterocycles. The number of nitrogens with two attached hydrogens (primary N) is 1. The zero-order valence-corrected chi connectivity index (χ0v) is 11.8. The predicted molar refractivity (Wildman–Crippen MR) is 81.7 cm³/mol. The summed E-state index contributed by atoms with van der Waals surface area (Å²) in [5.41, 5.74) is 6.88. The Morgan fingerprint density at radius 3 is 2.65 bits per heavy atom. The van der Waals surface area contributed by atoms with Gasteiger partial charge in [-0.25, -0.2) is 4.39 Å². The van der Waals surface area contributed by atoms with Gasteiger partial charge < -0.3 is 11.1 Å². The minimum absolute atomic E-state index is 0.0491. The van der Waals surface area contributed by atoms with Gasteiger partial charge in [-0.15, -0.1) is 0 Å². The highest BCUT2D eigenvalue weighted by molar-refractivity contribution is 7.80. The van der Waals surface area contributed by atoms with Crippen LogP contribution in [-0.4, -0.2) is 10.9 Å². The van der Waals surface area contributed by atoms with E-state index in [-0.39, 0.29) is 15.6 Å². The molecule has 0 spiro atoms. The van der Waals surface area contributed by atoms with Crippen molar-refractivity contribution < 1.29 is 9.18 Å². The third-order valence-corrected chi connectivity index (χ3v) is 3.13. The molecule has 0 fully saturated rings. The zero-order valence-electron chi connectivity index (χ0n) is 10.2. The standard InChI is InChI=1S/C14H10ClFN2OS/c15-12-7-9(16)4-5-11(12)14(19)18-10-3-1-2-8(6-10)13(17)20/h1-7H,(H2,17,20)(H,18,19). The van der Waals surface area contributed by atoms with Crippen molar-refractivity contribution in [2.45, 2.75) is 0 Å². The minimum atomic E-state index is -0.498. The second-order valence-corrected chi connectivity index (χ2v) is 4.87. The van der Waals surface area contributed by atoms with Crippen LogP contribution in [0.5, 0.6) is 0 Å². The van der Waals surface area contributed by atoms with Crippen molar-refractivity contribution in [3.8, 4) is 0 Å². The molecule has 3 N–H and O–H groups in total. The molecule has 3 nitrogen and oxygen atoms in total. The topological polar surface area (TPSA) is 55.1 Å². The molecule has 0 aliphatic carbocycles. The van der Waals surface area contributed by atoms with Gasteiger partial charge in [0.05, 0.1) is 10.6 Å². The molecule has 0 radical (unpaired) electrons. The van der Waals surface area contributed by atoms with Gasteiger partial charge in [-0.1, -0.05) is 36.0 Å². The maximum Gasteiger partial charge on any atom is 0.257 e. The molecule has 102 valence electrons. The number of benzene rings is 2. The second-order valence-electron chi connectivity index (χ2n) is 4.02. The number of nitrogens with one attached hydrogen (secondary N) is 1. The van der Waals surface area contributed by atoms with E-state index in [1.54, 1.807) is 24.3 Å². The Labute approximate surface area is 125 Å². The van der Waals surface area contributed by atoms with E-state index in [1.807, 2.05) is 0 Å². The Balaban J connectivity index is 2.23. The number of hydrogen-bond acceptors (Lipinski definition) is 2. The summed E-state index contributed by atoms with van der Waals surface area (Å²) in [5, 5.41) is 2.70. The predicted octanol–water partition coefficient (Wildman–Crippen LogP) is 3.37. The van der Waals surface area contributed by atoms with Crippen LogP contribution >= 0.6 is 23.8 Å². The number of halogens is 2. The quantitative estimate of drug-likeness (QED) is 0.855. The molecule has 2 aromatic rings. The molecular formula is C14H10ClFN2OS. The van der Waals surface area contributed by atoms with E-state index in [1.165, 1.54) is 12.1 Å². The molecule has 1 amide bonds. The van der Waals surface area contributed by atoms with Crippen molar-refractivity contribution in [3.63, 3.8) is 0 Å². The number of anilines is 1. The summed E-state index contributed by atoms with van der Waals surface area (Å²) in [7, 11) is 0. The monoisotopic (exact) mass is 308 g/mol. The van der Waals surface area contributed by atoms with Crippen LogP contribution < -0.4 is 11.1 Å². The summed E-state index contributed by atoms with van der Waals surface area (Å²) >= 11 is 10.7. The molecule has 0 bridgehead atoms. The third-order valence-electron chi connectivity index (χ3n) is 2.58. The number of hydrogen-bond donors (Lipinski definition) is 2. The number of rotatable bonds is 3. The van der Waals surface area contributed by atoms with Gasteiger partial charge in [-0.3, -0.25) is 4.79 Å². The molecule has 0 aliphatic heterocycles. The third kappa shape index (κ3) is 3.31. The summed E-state index contributed by atoms with van der Waals surface area (Å²) in [4.78, 5) is 12.3. The van der Waals surface area contributed by atoms with E-state index in [9.17, 15) is 9.18 Å². The molecule has 0 heterocycles. The average molecular weight is 309 g/mol. The van der Waals surface area contributed by atoms with Gasteiger partial charge in [-0.2, -0.15) is 0 Å². The first-order valence-electron chi connectivity index (χ1n) is 5.63. The van der Waals surface area contributed by atoms with Gasteiger partial charge >= 0.3 is 0 Å². The van der Waals surface area contributed by atoms with Crippen molar-refractivity contribution in [1.82, 2.24) is 0 Å². The zero-order chi connectivity index (χ0) is 14.7. The van der Waals surface area contributed by atoms with Crippen LogP contribution in [0, 0.1) is 5.82 Å². The summed E-state index contributed by atoms with van der Waals surface area (Å²) in [6.45, 7) is 0. The maximum atomic E-state index is 12.9. The summed E-state index contributed by atoms with van der Waals surface area (Å²) < 4.78 is 12.9. The van der Waals surface area contributed by atoms with Gasteiger partial charge in [0.1, 0.15) is 10.8 Å². The van der Waals surface area contributed by atoms with Gasteiger partial charge in [0, 0.05) is 11.3 Å². The van der Waals surface area contributed by atoms with Crippen molar-refractivity contribution in [2.24, 2.45) is 5.73 Å². The highest BCUT2D eigenvalue weighted by atomic mass is 35.5. The van der Waals surface area contributed by atoms with E-state index >= 15 is 0 Å². The van der Waals surface area contributed by atoms with E-state index in [2.05, 4.69) is 5.32 Å². The van der Waals surface area contributed by atoms with Crippen molar-refractivity contribution >= 4 is 40.4 Å². The van der Waals surface area contributed by atoms with Crippen LogP contribution in [0.25, 0.3) is 0 Å². The van der Waals surface area contributed by atoms with Crippen LogP contribution in [0.15, 0.2) is 42.5 Å². The molecule has 0 aliphatic rings. The molecule has 2 rings (SSSR count). The molecule has 0 aromatic heterocycles. The molecule has 0 atom stereocenters. The lowest BCUT2D eigenvalue weighted by molar-refractivity contribution is 0.102. The summed E-state index contributed by atoms with van der Waals surface area (Å²) in [6.07, 6.45) is 0. The lowest BCUT2D eigenvalue weighted by Gasteiger charge is -2.08. The molecule has 0 saturated carbocycles.